The summed E-state index contributed by atoms with van der Waals surface area (Å²) in [6.07, 6.45) is 0.565. The van der Waals surface area contributed by atoms with Crippen molar-refractivity contribution in [2.75, 3.05) is 0 Å². The Morgan fingerprint density at radius 2 is 2.08 bits per heavy atom. The van der Waals surface area contributed by atoms with Crippen LogP contribution in [0.4, 0.5) is 4.79 Å². The van der Waals surface area contributed by atoms with Gasteiger partial charge in [0.1, 0.15) is 22.9 Å². The van der Waals surface area contributed by atoms with Crippen LogP contribution in [0.3, 0.4) is 0 Å². The number of benzene rings is 1. The molecule has 0 saturated heterocycles. The highest BCUT2D eigenvalue weighted by atomic mass is 35.5. The van der Waals surface area contributed by atoms with E-state index < -0.39 is 29.2 Å². The van der Waals surface area contributed by atoms with Crippen LogP contribution in [0.2, 0.25) is 5.02 Å². The number of rotatable bonds is 5. The number of hydrogen-bond donors (Lipinski definition) is 3. The van der Waals surface area contributed by atoms with Gasteiger partial charge >= 0.3 is 6.09 Å². The molecular formula is C18H22ClN3O4. The lowest BCUT2D eigenvalue weighted by atomic mass is 10.0. The fraction of sp³-hybridized carbons (Fsp3) is 0.500. The largest absolute Gasteiger partial charge is 0.506 e. The number of nitrogens with zero attached hydrogens (tertiary/aromatic N) is 1. The molecule has 1 aromatic carbocycles. The summed E-state index contributed by atoms with van der Waals surface area (Å²) in [7, 11) is 0. The third-order valence-electron chi connectivity index (χ3n) is 3.79. The maximum Gasteiger partial charge on any atom is 0.408 e. The Morgan fingerprint density at radius 1 is 1.42 bits per heavy atom. The molecule has 1 aliphatic rings. The highest BCUT2D eigenvalue weighted by Gasteiger charge is 2.45. The highest BCUT2D eigenvalue weighted by Crippen LogP contribution is 2.34. The lowest BCUT2D eigenvalue weighted by Crippen LogP contribution is -2.52. The van der Waals surface area contributed by atoms with Crippen LogP contribution in [0.15, 0.2) is 18.2 Å². The number of phenolic OH excluding ortho intramolecular Hbond substituents is 1. The molecule has 0 spiro atoms. The van der Waals surface area contributed by atoms with E-state index in [4.69, 9.17) is 21.6 Å². The molecule has 1 fully saturated rings. The average molecular weight is 380 g/mol. The number of phenols is 1. The van der Waals surface area contributed by atoms with Crippen LogP contribution >= 0.6 is 11.6 Å². The molecule has 1 atom stereocenters. The Labute approximate surface area is 157 Å². The van der Waals surface area contributed by atoms with Crippen LogP contribution in [0, 0.1) is 11.3 Å². The van der Waals surface area contributed by atoms with Gasteiger partial charge in [0.25, 0.3) is 0 Å². The highest BCUT2D eigenvalue weighted by molar-refractivity contribution is 6.32. The third-order valence-corrected chi connectivity index (χ3v) is 4.09. The molecule has 1 aromatic rings. The predicted octanol–water partition coefficient (Wildman–Crippen LogP) is 2.65. The molecule has 7 nitrogen and oxygen atoms in total. The number of carbonyl (C=O) groups is 2. The Balaban J connectivity index is 2.14. The smallest absolute Gasteiger partial charge is 0.408 e. The maximum atomic E-state index is 12.6. The fourth-order valence-corrected chi connectivity index (χ4v) is 2.49. The van der Waals surface area contributed by atoms with E-state index in [0.717, 1.165) is 0 Å². The molecule has 140 valence electrons. The molecule has 8 heteroatoms. The summed E-state index contributed by atoms with van der Waals surface area (Å²) >= 11 is 5.90. The summed E-state index contributed by atoms with van der Waals surface area (Å²) in [5, 5.41) is 24.0. The van der Waals surface area contributed by atoms with E-state index in [1.807, 2.05) is 0 Å². The van der Waals surface area contributed by atoms with Crippen molar-refractivity contribution in [1.82, 2.24) is 10.6 Å². The van der Waals surface area contributed by atoms with Gasteiger partial charge in [0, 0.05) is 6.42 Å². The van der Waals surface area contributed by atoms with E-state index in [1.165, 1.54) is 12.1 Å². The second-order valence-electron chi connectivity index (χ2n) is 7.37. The van der Waals surface area contributed by atoms with Crippen molar-refractivity contribution in [1.29, 1.82) is 5.26 Å². The van der Waals surface area contributed by atoms with E-state index in [2.05, 4.69) is 16.7 Å². The first-order valence-corrected chi connectivity index (χ1v) is 8.61. The molecule has 0 aliphatic heterocycles. The second-order valence-corrected chi connectivity index (χ2v) is 7.78. The van der Waals surface area contributed by atoms with E-state index >= 15 is 0 Å². The monoisotopic (exact) mass is 379 g/mol. The second kappa shape index (κ2) is 7.42. The number of halogens is 1. The number of aromatic hydroxyl groups is 1. The first-order valence-electron chi connectivity index (χ1n) is 8.24. The molecular weight excluding hydrogens is 358 g/mol. The van der Waals surface area contributed by atoms with Crippen molar-refractivity contribution in [3.63, 3.8) is 0 Å². The summed E-state index contributed by atoms with van der Waals surface area (Å²) in [6.45, 7) is 5.16. The maximum absolute atomic E-state index is 12.6. The van der Waals surface area contributed by atoms with E-state index in [9.17, 15) is 14.7 Å². The van der Waals surface area contributed by atoms with Gasteiger partial charge < -0.3 is 20.5 Å². The van der Waals surface area contributed by atoms with Crippen molar-refractivity contribution >= 4 is 23.6 Å². The van der Waals surface area contributed by atoms with Gasteiger partial charge in [0.05, 0.1) is 11.1 Å². The molecule has 1 saturated carbocycles. The summed E-state index contributed by atoms with van der Waals surface area (Å²) in [5.41, 5.74) is -0.916. The fourth-order valence-electron chi connectivity index (χ4n) is 2.28. The van der Waals surface area contributed by atoms with Gasteiger partial charge in [0.15, 0.2) is 0 Å². The van der Waals surface area contributed by atoms with E-state index in [0.29, 0.717) is 18.4 Å². The van der Waals surface area contributed by atoms with Gasteiger partial charge in [-0.3, -0.25) is 4.79 Å². The van der Waals surface area contributed by atoms with Gasteiger partial charge in [0.2, 0.25) is 5.91 Å². The number of nitrogens with one attached hydrogen (secondary N) is 2. The number of ether oxygens (including phenoxy) is 1. The van der Waals surface area contributed by atoms with Gasteiger partial charge in [-0.2, -0.15) is 5.26 Å². The number of alkyl carbamates (subject to hydrolysis) is 1. The molecule has 0 radical (unpaired) electrons. The molecule has 0 bridgehead atoms. The van der Waals surface area contributed by atoms with Crippen LogP contribution in [-0.2, 0) is 16.0 Å². The van der Waals surface area contributed by atoms with Crippen LogP contribution in [0.25, 0.3) is 0 Å². The minimum atomic E-state index is -0.948. The van der Waals surface area contributed by atoms with Gasteiger partial charge in [-0.1, -0.05) is 17.7 Å². The molecule has 0 unspecified atom stereocenters. The molecule has 2 rings (SSSR count). The molecule has 0 aromatic heterocycles. The summed E-state index contributed by atoms with van der Waals surface area (Å²) in [6, 6.07) is 5.67. The molecule has 1 aliphatic carbocycles. The predicted molar refractivity (Wildman–Crippen MR) is 95.7 cm³/mol. The Hall–Kier alpha value is -2.46. The Bertz CT molecular complexity index is 748. The van der Waals surface area contributed by atoms with Gasteiger partial charge in [-0.05, 0) is 51.3 Å². The third kappa shape index (κ3) is 5.53. The zero-order chi connectivity index (χ0) is 19.5. The van der Waals surface area contributed by atoms with Crippen LogP contribution in [0.1, 0.15) is 39.2 Å². The molecule has 26 heavy (non-hydrogen) atoms. The lowest BCUT2D eigenvalue weighted by Gasteiger charge is -2.24. The van der Waals surface area contributed by atoms with Crippen molar-refractivity contribution in [2.24, 2.45) is 0 Å². The normalized spacial score (nSPS) is 16.1. The van der Waals surface area contributed by atoms with Crippen molar-refractivity contribution < 1.29 is 19.4 Å². The topological polar surface area (TPSA) is 111 Å². The van der Waals surface area contributed by atoms with Crippen molar-refractivity contribution in [3.8, 4) is 11.8 Å². The molecule has 2 amide bonds. The zero-order valence-corrected chi connectivity index (χ0v) is 15.7. The van der Waals surface area contributed by atoms with Gasteiger partial charge in [-0.25, -0.2) is 4.79 Å². The SMILES string of the molecule is CC(C)(C)OC(=O)N[C@@H](Cc1ccc(O)c(Cl)c1)C(=O)NC1(C#N)CC1. The first-order chi connectivity index (χ1) is 12.0. The average Bonchev–Trinajstić information content (AvgIpc) is 3.28. The molecule has 0 heterocycles. The zero-order valence-electron chi connectivity index (χ0n) is 14.9. The summed E-state index contributed by atoms with van der Waals surface area (Å²) < 4.78 is 5.21. The van der Waals surface area contributed by atoms with Crippen molar-refractivity contribution in [3.05, 3.63) is 28.8 Å². The lowest BCUT2D eigenvalue weighted by molar-refractivity contribution is -0.123. The number of nitriles is 1. The summed E-state index contributed by atoms with van der Waals surface area (Å²) in [5.74, 6) is -0.544. The standard InChI is InChI=1S/C18H22ClN3O4/c1-17(2,3)26-16(25)21-13(15(24)22-18(10-20)6-7-18)9-11-4-5-14(23)12(19)8-11/h4-5,8,13,23H,6-7,9H2,1-3H3,(H,21,25)(H,22,24)/t13-/m0/s1. The summed E-state index contributed by atoms with van der Waals surface area (Å²) in [4.78, 5) is 24.7. The number of hydrogen-bond acceptors (Lipinski definition) is 5. The molecule has 3 N–H and O–H groups in total. The Morgan fingerprint density at radius 3 is 2.58 bits per heavy atom. The van der Waals surface area contributed by atoms with Gasteiger partial charge in [-0.15, -0.1) is 0 Å². The van der Waals surface area contributed by atoms with Crippen LogP contribution in [0.5, 0.6) is 5.75 Å². The van der Waals surface area contributed by atoms with Crippen LogP contribution < -0.4 is 10.6 Å². The van der Waals surface area contributed by atoms with E-state index in [1.54, 1.807) is 26.8 Å². The number of carbonyl (C=O) groups excluding carboxylic acids is 2. The number of amides is 2. The van der Waals surface area contributed by atoms with E-state index in [-0.39, 0.29) is 17.2 Å². The van der Waals surface area contributed by atoms with Crippen molar-refractivity contribution in [2.45, 2.75) is 57.2 Å². The first kappa shape index (κ1) is 19.9. The minimum Gasteiger partial charge on any atom is -0.506 e. The quantitative estimate of drug-likeness (QED) is 0.728. The Kier molecular flexibility index (Phi) is 5.67. The minimum absolute atomic E-state index is 0.0714. The van der Waals surface area contributed by atoms with Crippen LogP contribution in [-0.4, -0.2) is 34.3 Å².